The first-order valence-electron chi connectivity index (χ1n) is 9.76. The Kier molecular flexibility index (Phi) is 5.34. The molecule has 1 amide bonds. The maximum absolute atomic E-state index is 12.9. The average Bonchev–Trinajstić information content (AvgIpc) is 2.81. The molecule has 3 aliphatic rings. The number of morpholine rings is 1. The van der Waals surface area contributed by atoms with E-state index in [1.807, 2.05) is 12.1 Å². The normalized spacial score (nSPS) is 28.9. The molecule has 0 unspecified atom stereocenters. The number of piperidine rings is 1. The third-order valence-electron chi connectivity index (χ3n) is 5.91. The molecule has 1 aromatic carbocycles. The first-order valence-corrected chi connectivity index (χ1v) is 9.76. The number of hydrogen-bond donors (Lipinski definition) is 1. The summed E-state index contributed by atoms with van der Waals surface area (Å²) in [4.78, 5) is 17.9. The van der Waals surface area contributed by atoms with Crippen LogP contribution in [0.25, 0.3) is 0 Å². The molecule has 136 valence electrons. The molecule has 4 rings (SSSR count). The molecule has 0 aromatic heterocycles. The van der Waals surface area contributed by atoms with Crippen molar-refractivity contribution < 1.29 is 9.53 Å². The van der Waals surface area contributed by atoms with Gasteiger partial charge >= 0.3 is 0 Å². The monoisotopic (exact) mass is 343 g/mol. The standard InChI is InChI=1S/C20H29N3O2/c24-20-19(9-8-16-5-1-2-7-18(16)21-20)23-10-4-3-6-17(23)15-22-11-13-25-14-12-22/h1-2,5,7,17,19H,3-4,6,8-15H2,(H,21,24)/t17-,19+/m1/s1. The van der Waals surface area contributed by atoms with Gasteiger partial charge in [0.25, 0.3) is 0 Å². The summed E-state index contributed by atoms with van der Waals surface area (Å²) < 4.78 is 5.48. The number of carbonyl (C=O) groups is 1. The number of aryl methyl sites for hydroxylation is 1. The fraction of sp³-hybridized carbons (Fsp3) is 0.650. The van der Waals surface area contributed by atoms with Gasteiger partial charge in [-0.25, -0.2) is 0 Å². The number of likely N-dealkylation sites (tertiary alicyclic amines) is 1. The van der Waals surface area contributed by atoms with Gasteiger partial charge in [0.1, 0.15) is 0 Å². The zero-order valence-electron chi connectivity index (χ0n) is 15.0. The Bertz CT molecular complexity index is 600. The maximum atomic E-state index is 12.9. The summed E-state index contributed by atoms with van der Waals surface area (Å²) in [5.74, 6) is 0.179. The average molecular weight is 343 g/mol. The first-order chi connectivity index (χ1) is 12.3. The Labute approximate surface area is 150 Å². The molecule has 2 saturated heterocycles. The quantitative estimate of drug-likeness (QED) is 0.913. The van der Waals surface area contributed by atoms with E-state index in [9.17, 15) is 4.79 Å². The minimum atomic E-state index is -0.00117. The number of rotatable bonds is 3. The fourth-order valence-electron chi connectivity index (χ4n) is 4.53. The second kappa shape index (κ2) is 7.85. The van der Waals surface area contributed by atoms with Crippen molar-refractivity contribution in [3.8, 4) is 0 Å². The number of amides is 1. The van der Waals surface area contributed by atoms with Crippen molar-refractivity contribution in [1.29, 1.82) is 0 Å². The molecule has 1 N–H and O–H groups in total. The Hall–Kier alpha value is -1.43. The zero-order chi connectivity index (χ0) is 17.1. The maximum Gasteiger partial charge on any atom is 0.241 e. The predicted molar refractivity (Wildman–Crippen MR) is 98.8 cm³/mol. The van der Waals surface area contributed by atoms with Crippen molar-refractivity contribution in [2.75, 3.05) is 44.7 Å². The molecular formula is C20H29N3O2. The Morgan fingerprint density at radius 1 is 1.08 bits per heavy atom. The smallest absolute Gasteiger partial charge is 0.241 e. The summed E-state index contributed by atoms with van der Waals surface area (Å²) >= 11 is 0. The third-order valence-corrected chi connectivity index (χ3v) is 5.91. The van der Waals surface area contributed by atoms with Gasteiger partial charge in [0.05, 0.1) is 19.3 Å². The van der Waals surface area contributed by atoms with Crippen LogP contribution in [-0.4, -0.2) is 67.2 Å². The lowest BCUT2D eigenvalue weighted by Gasteiger charge is -2.42. The highest BCUT2D eigenvalue weighted by atomic mass is 16.5. The Morgan fingerprint density at radius 3 is 2.80 bits per heavy atom. The first kappa shape index (κ1) is 17.0. The number of anilines is 1. The second-order valence-electron chi connectivity index (χ2n) is 7.50. The van der Waals surface area contributed by atoms with Crippen LogP contribution in [0, 0.1) is 0 Å². The highest BCUT2D eigenvalue weighted by Gasteiger charge is 2.35. The summed E-state index contributed by atoms with van der Waals surface area (Å²) in [6.07, 6.45) is 5.58. The molecule has 0 spiro atoms. The molecule has 5 heteroatoms. The van der Waals surface area contributed by atoms with Gasteiger partial charge in [-0.3, -0.25) is 14.6 Å². The number of ether oxygens (including phenoxy) is 1. The lowest BCUT2D eigenvalue weighted by atomic mass is 9.96. The minimum Gasteiger partial charge on any atom is -0.379 e. The van der Waals surface area contributed by atoms with E-state index >= 15 is 0 Å². The van der Waals surface area contributed by atoms with Crippen molar-refractivity contribution in [2.45, 2.75) is 44.2 Å². The lowest BCUT2D eigenvalue weighted by molar-refractivity contribution is -0.123. The zero-order valence-corrected chi connectivity index (χ0v) is 15.0. The van der Waals surface area contributed by atoms with Crippen LogP contribution in [0.4, 0.5) is 5.69 Å². The number of nitrogens with one attached hydrogen (secondary N) is 1. The largest absolute Gasteiger partial charge is 0.379 e. The topological polar surface area (TPSA) is 44.8 Å². The van der Waals surface area contributed by atoms with Crippen LogP contribution in [-0.2, 0) is 16.0 Å². The number of hydrogen-bond acceptors (Lipinski definition) is 4. The van der Waals surface area contributed by atoms with E-state index in [-0.39, 0.29) is 11.9 Å². The molecule has 25 heavy (non-hydrogen) atoms. The highest BCUT2D eigenvalue weighted by molar-refractivity contribution is 5.96. The van der Waals surface area contributed by atoms with Crippen molar-refractivity contribution in [3.05, 3.63) is 29.8 Å². The summed E-state index contributed by atoms with van der Waals surface area (Å²) in [5, 5.41) is 3.18. The lowest BCUT2D eigenvalue weighted by Crippen LogP contribution is -2.55. The number of para-hydroxylation sites is 1. The molecule has 0 bridgehead atoms. The van der Waals surface area contributed by atoms with Crippen molar-refractivity contribution in [1.82, 2.24) is 9.80 Å². The molecule has 1 aromatic rings. The van der Waals surface area contributed by atoms with Crippen LogP contribution in [0.2, 0.25) is 0 Å². The van der Waals surface area contributed by atoms with Gasteiger partial charge in [-0.15, -0.1) is 0 Å². The molecule has 3 heterocycles. The number of carbonyl (C=O) groups excluding carboxylic acids is 1. The van der Waals surface area contributed by atoms with Crippen LogP contribution in [0.5, 0.6) is 0 Å². The summed E-state index contributed by atoms with van der Waals surface area (Å²) in [6.45, 7) is 5.83. The molecule has 0 saturated carbocycles. The molecule has 5 nitrogen and oxygen atoms in total. The van der Waals surface area contributed by atoms with Crippen LogP contribution < -0.4 is 5.32 Å². The molecule has 3 aliphatic heterocycles. The van der Waals surface area contributed by atoms with Gasteiger partial charge < -0.3 is 10.1 Å². The van der Waals surface area contributed by atoms with E-state index in [1.165, 1.54) is 24.8 Å². The van der Waals surface area contributed by atoms with Gasteiger partial charge in [-0.05, 0) is 43.9 Å². The van der Waals surface area contributed by atoms with Gasteiger partial charge in [-0.2, -0.15) is 0 Å². The summed E-state index contributed by atoms with van der Waals surface area (Å²) in [6, 6.07) is 8.72. The van der Waals surface area contributed by atoms with Crippen LogP contribution in [0.15, 0.2) is 24.3 Å². The van der Waals surface area contributed by atoms with Gasteiger partial charge in [0.15, 0.2) is 0 Å². The highest BCUT2D eigenvalue weighted by Crippen LogP contribution is 2.28. The fourth-order valence-corrected chi connectivity index (χ4v) is 4.53. The van der Waals surface area contributed by atoms with Crippen LogP contribution >= 0.6 is 0 Å². The molecule has 0 radical (unpaired) electrons. The second-order valence-corrected chi connectivity index (χ2v) is 7.50. The number of benzene rings is 1. The van der Waals surface area contributed by atoms with E-state index in [2.05, 4.69) is 27.2 Å². The summed E-state index contributed by atoms with van der Waals surface area (Å²) in [7, 11) is 0. The number of nitrogens with zero attached hydrogens (tertiary/aromatic N) is 2. The van der Waals surface area contributed by atoms with Gasteiger partial charge in [0.2, 0.25) is 5.91 Å². The van der Waals surface area contributed by atoms with E-state index in [4.69, 9.17) is 4.74 Å². The Balaban J connectivity index is 1.47. The number of fused-ring (bicyclic) bond motifs is 1. The molecule has 0 aliphatic carbocycles. The SMILES string of the molecule is O=C1Nc2ccccc2CC[C@@H]1N1CCCC[C@@H]1CN1CCOCC1. The Morgan fingerprint density at radius 2 is 1.92 bits per heavy atom. The predicted octanol–water partition coefficient (Wildman–Crippen LogP) is 2.13. The molecular weight excluding hydrogens is 314 g/mol. The van der Waals surface area contributed by atoms with Crippen molar-refractivity contribution in [2.24, 2.45) is 0 Å². The van der Waals surface area contributed by atoms with E-state index < -0.39 is 0 Å². The van der Waals surface area contributed by atoms with Crippen molar-refractivity contribution >= 4 is 11.6 Å². The van der Waals surface area contributed by atoms with Crippen LogP contribution in [0.1, 0.15) is 31.2 Å². The van der Waals surface area contributed by atoms with Crippen LogP contribution in [0.3, 0.4) is 0 Å². The molecule has 2 fully saturated rings. The molecule has 2 atom stereocenters. The minimum absolute atomic E-state index is 0.00117. The van der Waals surface area contributed by atoms with E-state index in [1.54, 1.807) is 0 Å². The van der Waals surface area contributed by atoms with E-state index in [0.717, 1.165) is 57.9 Å². The van der Waals surface area contributed by atoms with Gasteiger partial charge in [-0.1, -0.05) is 24.6 Å². The van der Waals surface area contributed by atoms with E-state index in [0.29, 0.717) is 6.04 Å². The van der Waals surface area contributed by atoms with Crippen molar-refractivity contribution in [3.63, 3.8) is 0 Å². The third kappa shape index (κ3) is 3.89. The summed E-state index contributed by atoms with van der Waals surface area (Å²) in [5.41, 5.74) is 2.26. The van der Waals surface area contributed by atoms with Gasteiger partial charge in [0, 0.05) is 31.4 Å².